The number of nitrogens with zero attached hydrogens (tertiary/aromatic N) is 2. The van der Waals surface area contributed by atoms with Crippen LogP contribution in [-0.2, 0) is 0 Å². The van der Waals surface area contributed by atoms with E-state index in [1.165, 1.54) is 26.2 Å². The Kier molecular flexibility index (Phi) is 4.66. The SMILES string of the molecule is Cc1cc(C)c2c(c1)C=[N+](c1ccccc1)C[N+]2([Si](C)(C)C)[Si](C)(C)C. The summed E-state index contributed by atoms with van der Waals surface area (Å²) in [6, 6.07) is 15.7. The van der Waals surface area contributed by atoms with Crippen molar-refractivity contribution in [2.75, 3.05) is 6.67 Å². The van der Waals surface area contributed by atoms with E-state index in [1.807, 2.05) is 0 Å². The highest BCUT2D eigenvalue weighted by Crippen LogP contribution is 2.44. The lowest BCUT2D eigenvalue weighted by atomic mass is 10.0. The molecule has 2 nitrogen and oxygen atoms in total. The van der Waals surface area contributed by atoms with Gasteiger partial charge in [-0.3, -0.25) is 0 Å². The Labute approximate surface area is 161 Å². The van der Waals surface area contributed by atoms with Gasteiger partial charge < -0.3 is 3.81 Å². The first-order chi connectivity index (χ1) is 12.0. The third kappa shape index (κ3) is 2.94. The fraction of sp³-hybridized carbons (Fsp3) is 0.409. The van der Waals surface area contributed by atoms with Gasteiger partial charge in [-0.2, -0.15) is 4.58 Å². The van der Waals surface area contributed by atoms with Crippen molar-refractivity contribution in [2.24, 2.45) is 0 Å². The molecule has 1 aliphatic rings. The van der Waals surface area contributed by atoms with Crippen molar-refractivity contribution in [3.63, 3.8) is 0 Å². The number of hydrogen-bond acceptors (Lipinski definition) is 0. The lowest BCUT2D eigenvalue weighted by Crippen LogP contribution is -2.79. The minimum absolute atomic E-state index is 1.06. The molecule has 26 heavy (non-hydrogen) atoms. The molecule has 0 aliphatic carbocycles. The standard InChI is InChI=1S/C22H34N2Si2/c1-18-14-19(2)22-20(15-18)16-23(21-12-10-9-11-13-21)17-24(22,25(3,4)5)26(6,7)8/h9-16H,17H2,1-8H3/q+2. The summed E-state index contributed by atoms with van der Waals surface area (Å²) in [4.78, 5) is 0. The summed E-state index contributed by atoms with van der Waals surface area (Å²) in [5, 5.41) is 0. The van der Waals surface area contributed by atoms with Crippen LogP contribution in [0.2, 0.25) is 39.3 Å². The molecule has 0 radical (unpaired) electrons. The molecule has 0 aromatic heterocycles. The second-order valence-electron chi connectivity index (χ2n) is 9.75. The lowest BCUT2D eigenvalue weighted by Gasteiger charge is -2.56. The fourth-order valence-corrected chi connectivity index (χ4v) is 16.2. The van der Waals surface area contributed by atoms with Gasteiger partial charge in [-0.15, -0.1) is 0 Å². The molecule has 0 unspecified atom stereocenters. The van der Waals surface area contributed by atoms with Gasteiger partial charge in [0.05, 0.1) is 5.56 Å². The maximum absolute atomic E-state index is 2.56. The molecule has 0 amide bonds. The molecular weight excluding hydrogens is 348 g/mol. The topological polar surface area (TPSA) is 3.01 Å². The summed E-state index contributed by atoms with van der Waals surface area (Å²) in [5.41, 5.74) is 7.14. The summed E-state index contributed by atoms with van der Waals surface area (Å²) >= 11 is 0. The molecular formula is C22H34N2Si2+2. The fourth-order valence-electron chi connectivity index (χ4n) is 5.00. The van der Waals surface area contributed by atoms with Gasteiger partial charge >= 0.3 is 0 Å². The van der Waals surface area contributed by atoms with Crippen LogP contribution in [-0.4, -0.2) is 33.9 Å². The van der Waals surface area contributed by atoms with Crippen LogP contribution in [0.4, 0.5) is 11.4 Å². The van der Waals surface area contributed by atoms with Gasteiger partial charge in [0.15, 0.2) is 6.21 Å². The summed E-state index contributed by atoms with van der Waals surface area (Å²) in [7, 11) is -3.16. The average Bonchev–Trinajstić information content (AvgIpc) is 2.52. The van der Waals surface area contributed by atoms with Crippen LogP contribution in [0, 0.1) is 13.8 Å². The third-order valence-electron chi connectivity index (χ3n) is 5.89. The van der Waals surface area contributed by atoms with E-state index in [-0.39, 0.29) is 0 Å². The monoisotopic (exact) mass is 382 g/mol. The second kappa shape index (κ2) is 6.29. The highest BCUT2D eigenvalue weighted by atomic mass is 28.4. The number of hydrogen-bond donors (Lipinski definition) is 0. The van der Waals surface area contributed by atoms with Gasteiger partial charge in [0.25, 0.3) is 16.5 Å². The highest BCUT2D eigenvalue weighted by Gasteiger charge is 2.59. The first-order valence-corrected chi connectivity index (χ1v) is 16.5. The minimum atomic E-state index is -1.58. The Morgan fingerprint density at radius 1 is 0.846 bits per heavy atom. The lowest BCUT2D eigenvalue weighted by molar-refractivity contribution is -0.450. The van der Waals surface area contributed by atoms with Crippen molar-refractivity contribution in [2.45, 2.75) is 53.1 Å². The molecule has 0 saturated carbocycles. The molecule has 138 valence electrons. The van der Waals surface area contributed by atoms with Crippen molar-refractivity contribution in [1.82, 2.24) is 3.81 Å². The molecule has 1 heterocycles. The molecule has 2 aromatic rings. The molecule has 0 N–H and O–H groups in total. The summed E-state index contributed by atoms with van der Waals surface area (Å²) in [6.07, 6.45) is 2.39. The predicted octanol–water partition coefficient (Wildman–Crippen LogP) is 6.01. The van der Waals surface area contributed by atoms with E-state index in [2.05, 4.69) is 106 Å². The van der Waals surface area contributed by atoms with E-state index in [1.54, 1.807) is 5.69 Å². The Morgan fingerprint density at radius 2 is 1.42 bits per heavy atom. The van der Waals surface area contributed by atoms with Crippen LogP contribution in [0.15, 0.2) is 42.5 Å². The molecule has 4 heteroatoms. The molecule has 0 fully saturated rings. The van der Waals surface area contributed by atoms with Gasteiger partial charge in [0.2, 0.25) is 12.4 Å². The molecule has 0 bridgehead atoms. The maximum Gasteiger partial charge on any atom is 0.269 e. The largest absolute Gasteiger partial charge is 0.355 e. The number of para-hydroxylation sites is 1. The minimum Gasteiger partial charge on any atom is -0.355 e. The van der Waals surface area contributed by atoms with Crippen LogP contribution >= 0.6 is 0 Å². The molecule has 3 rings (SSSR count). The van der Waals surface area contributed by atoms with Gasteiger partial charge in [0.1, 0.15) is 5.69 Å². The third-order valence-corrected chi connectivity index (χ3v) is 15.2. The highest BCUT2D eigenvalue weighted by molar-refractivity contribution is 6.95. The zero-order valence-electron chi connectivity index (χ0n) is 17.7. The Hall–Kier alpha value is -1.50. The van der Waals surface area contributed by atoms with Crippen molar-refractivity contribution in [3.8, 4) is 0 Å². The van der Waals surface area contributed by atoms with E-state index >= 15 is 0 Å². The van der Waals surface area contributed by atoms with Gasteiger partial charge in [-0.05, 0) is 64.8 Å². The first-order valence-electron chi connectivity index (χ1n) is 9.64. The van der Waals surface area contributed by atoms with Gasteiger partial charge in [-0.1, -0.05) is 24.3 Å². The van der Waals surface area contributed by atoms with Crippen molar-refractivity contribution in [1.29, 1.82) is 0 Å². The van der Waals surface area contributed by atoms with Crippen LogP contribution in [0.5, 0.6) is 0 Å². The van der Waals surface area contributed by atoms with E-state index in [0.717, 1.165) is 6.67 Å². The second-order valence-corrected chi connectivity index (χ2v) is 20.4. The van der Waals surface area contributed by atoms with E-state index in [0.29, 0.717) is 0 Å². The quantitative estimate of drug-likeness (QED) is 0.451. The van der Waals surface area contributed by atoms with Crippen molar-refractivity contribution >= 4 is 34.1 Å². The Balaban J connectivity index is 2.40. The predicted molar refractivity (Wildman–Crippen MR) is 121 cm³/mol. The van der Waals surface area contributed by atoms with Crippen LogP contribution in [0.25, 0.3) is 0 Å². The van der Waals surface area contributed by atoms with E-state index < -0.39 is 16.5 Å². The van der Waals surface area contributed by atoms with Crippen LogP contribution in [0.1, 0.15) is 16.7 Å². The molecule has 0 saturated heterocycles. The zero-order valence-corrected chi connectivity index (χ0v) is 19.7. The zero-order chi connectivity index (χ0) is 19.3. The smallest absolute Gasteiger partial charge is 0.269 e. The average molecular weight is 383 g/mol. The summed E-state index contributed by atoms with van der Waals surface area (Å²) < 4.78 is 3.71. The van der Waals surface area contributed by atoms with Crippen molar-refractivity contribution in [3.05, 3.63) is 59.2 Å². The number of aryl methyl sites for hydroxylation is 2. The number of quaternary nitrogens is 1. The Morgan fingerprint density at radius 3 is 1.96 bits per heavy atom. The van der Waals surface area contributed by atoms with E-state index in [9.17, 15) is 0 Å². The molecule has 1 aliphatic heterocycles. The van der Waals surface area contributed by atoms with E-state index in [4.69, 9.17) is 0 Å². The first kappa shape index (κ1) is 19.3. The summed E-state index contributed by atoms with van der Waals surface area (Å²) in [5.74, 6) is 0. The van der Waals surface area contributed by atoms with Crippen molar-refractivity contribution < 1.29 is 4.58 Å². The normalized spacial score (nSPS) is 16.8. The Bertz CT molecular complexity index is 842. The van der Waals surface area contributed by atoms with Crippen LogP contribution in [0.3, 0.4) is 0 Å². The molecule has 2 aromatic carbocycles. The summed E-state index contributed by atoms with van der Waals surface area (Å²) in [6.45, 7) is 21.0. The number of rotatable bonds is 3. The number of benzene rings is 2. The molecule has 0 spiro atoms. The van der Waals surface area contributed by atoms with Gasteiger partial charge in [-0.25, -0.2) is 0 Å². The van der Waals surface area contributed by atoms with Crippen LogP contribution < -0.4 is 3.81 Å². The maximum atomic E-state index is 2.56. The number of fused-ring (bicyclic) bond motifs is 1. The van der Waals surface area contributed by atoms with Gasteiger partial charge in [0, 0.05) is 17.7 Å². The molecule has 0 atom stereocenters.